The molecule has 1 amide bonds. The van der Waals surface area contributed by atoms with Crippen LogP contribution in [-0.4, -0.2) is 5.91 Å². The number of hydrogen-bond donors (Lipinski definition) is 1. The number of amides is 1. The zero-order valence-electron chi connectivity index (χ0n) is 8.72. The number of anilines is 1. The summed E-state index contributed by atoms with van der Waals surface area (Å²) in [7, 11) is 0. The van der Waals surface area contributed by atoms with Crippen LogP contribution in [0, 0.1) is 0 Å². The second-order valence-electron chi connectivity index (χ2n) is 3.90. The predicted octanol–water partition coefficient (Wildman–Crippen LogP) is 3.26. The van der Waals surface area contributed by atoms with Gasteiger partial charge in [0.05, 0.1) is 11.8 Å². The molecule has 1 aliphatic heterocycles. The van der Waals surface area contributed by atoms with E-state index in [0.29, 0.717) is 6.42 Å². The van der Waals surface area contributed by atoms with E-state index >= 15 is 0 Å². The fraction of sp³-hybridized carbons (Fsp3) is 0.417. The van der Waals surface area contributed by atoms with Gasteiger partial charge in [0.2, 0.25) is 5.91 Å². The lowest BCUT2D eigenvalue weighted by Gasteiger charge is -2.09. The van der Waals surface area contributed by atoms with Crippen LogP contribution in [0.2, 0.25) is 0 Å². The highest BCUT2D eigenvalue weighted by Gasteiger charge is 2.18. The minimum absolute atomic E-state index is 0.0657. The fourth-order valence-electron chi connectivity index (χ4n) is 1.86. The molecule has 80 valence electrons. The molecule has 0 aromatic heterocycles. The molecule has 0 spiro atoms. The van der Waals surface area contributed by atoms with Crippen molar-refractivity contribution >= 4 is 23.2 Å². The van der Waals surface area contributed by atoms with E-state index in [1.54, 1.807) is 0 Å². The third-order valence-electron chi connectivity index (χ3n) is 2.66. The maximum atomic E-state index is 11.2. The smallest absolute Gasteiger partial charge is 0.228 e. The Morgan fingerprint density at radius 2 is 2.33 bits per heavy atom. The van der Waals surface area contributed by atoms with Crippen LogP contribution < -0.4 is 5.32 Å². The van der Waals surface area contributed by atoms with E-state index < -0.39 is 0 Å². The first-order chi connectivity index (χ1) is 7.20. The molecule has 1 heterocycles. The molecule has 0 bridgehead atoms. The largest absolute Gasteiger partial charge is 0.326 e. The molecule has 0 saturated carbocycles. The van der Waals surface area contributed by atoms with E-state index in [1.807, 2.05) is 18.2 Å². The Morgan fingerprint density at radius 1 is 1.53 bits per heavy atom. The first-order valence-corrected chi connectivity index (χ1v) is 5.71. The van der Waals surface area contributed by atoms with Gasteiger partial charge in [0.15, 0.2) is 0 Å². The highest BCUT2D eigenvalue weighted by molar-refractivity contribution is 6.20. The van der Waals surface area contributed by atoms with Gasteiger partial charge in [-0.3, -0.25) is 4.79 Å². The molecular formula is C12H14ClNO. The minimum atomic E-state index is 0.0657. The number of rotatable bonds is 3. The van der Waals surface area contributed by atoms with Gasteiger partial charge in [0.25, 0.3) is 0 Å². The van der Waals surface area contributed by atoms with Crippen LogP contribution in [0.1, 0.15) is 36.3 Å². The molecule has 0 saturated heterocycles. The topological polar surface area (TPSA) is 29.1 Å². The summed E-state index contributed by atoms with van der Waals surface area (Å²) in [5, 5.41) is 2.88. The summed E-state index contributed by atoms with van der Waals surface area (Å²) in [5.74, 6) is 0.0729. The lowest BCUT2D eigenvalue weighted by Crippen LogP contribution is -2.03. The first-order valence-electron chi connectivity index (χ1n) is 5.27. The van der Waals surface area contributed by atoms with Crippen molar-refractivity contribution in [3.05, 3.63) is 29.3 Å². The van der Waals surface area contributed by atoms with Crippen molar-refractivity contribution in [1.29, 1.82) is 0 Å². The predicted molar refractivity (Wildman–Crippen MR) is 62.3 cm³/mol. The molecule has 1 unspecified atom stereocenters. The van der Waals surface area contributed by atoms with Crippen molar-refractivity contribution in [2.24, 2.45) is 0 Å². The van der Waals surface area contributed by atoms with E-state index in [0.717, 1.165) is 29.7 Å². The monoisotopic (exact) mass is 223 g/mol. The Hall–Kier alpha value is -1.02. The van der Waals surface area contributed by atoms with Crippen LogP contribution in [0.5, 0.6) is 0 Å². The molecule has 0 aliphatic carbocycles. The number of nitrogens with one attached hydrogen (secondary N) is 1. The van der Waals surface area contributed by atoms with Gasteiger partial charge in [-0.05, 0) is 23.6 Å². The van der Waals surface area contributed by atoms with E-state index in [2.05, 4.69) is 12.2 Å². The highest BCUT2D eigenvalue weighted by atomic mass is 35.5. The summed E-state index contributed by atoms with van der Waals surface area (Å²) in [6.07, 6.45) is 2.53. The molecule has 2 nitrogen and oxygen atoms in total. The molecule has 1 atom stereocenters. The third kappa shape index (κ3) is 2.15. The van der Waals surface area contributed by atoms with Crippen LogP contribution in [0.15, 0.2) is 18.2 Å². The molecule has 1 N–H and O–H groups in total. The van der Waals surface area contributed by atoms with E-state index in [4.69, 9.17) is 11.6 Å². The van der Waals surface area contributed by atoms with Crippen molar-refractivity contribution in [2.45, 2.75) is 31.6 Å². The van der Waals surface area contributed by atoms with Crippen molar-refractivity contribution in [1.82, 2.24) is 0 Å². The summed E-state index contributed by atoms with van der Waals surface area (Å²) < 4.78 is 0. The molecular weight excluding hydrogens is 210 g/mol. The van der Waals surface area contributed by atoms with E-state index in [1.165, 1.54) is 0 Å². The maximum Gasteiger partial charge on any atom is 0.228 e. The summed E-state index contributed by atoms with van der Waals surface area (Å²) >= 11 is 6.24. The Bertz CT molecular complexity index is 389. The number of alkyl halides is 1. The molecule has 1 aromatic rings. The van der Waals surface area contributed by atoms with Crippen LogP contribution in [0.25, 0.3) is 0 Å². The number of carbonyl (C=O) groups is 1. The minimum Gasteiger partial charge on any atom is -0.326 e. The molecule has 2 rings (SSSR count). The van der Waals surface area contributed by atoms with Gasteiger partial charge in [0.1, 0.15) is 0 Å². The van der Waals surface area contributed by atoms with Gasteiger partial charge in [0, 0.05) is 5.69 Å². The van der Waals surface area contributed by atoms with Crippen molar-refractivity contribution in [3.8, 4) is 0 Å². The standard InChI is InChI=1S/C12H14ClNO/c1-2-3-10(13)8-4-5-11-9(6-8)7-12(15)14-11/h4-6,10H,2-3,7H2,1H3,(H,14,15). The van der Waals surface area contributed by atoms with Crippen LogP contribution in [-0.2, 0) is 11.2 Å². The second-order valence-corrected chi connectivity index (χ2v) is 4.42. The average Bonchev–Trinajstić information content (AvgIpc) is 2.57. The Balaban J connectivity index is 2.23. The summed E-state index contributed by atoms with van der Waals surface area (Å²) in [6, 6.07) is 5.99. The molecule has 0 radical (unpaired) electrons. The normalized spacial score (nSPS) is 16.0. The highest BCUT2D eigenvalue weighted by Crippen LogP contribution is 2.31. The van der Waals surface area contributed by atoms with Gasteiger partial charge in [-0.2, -0.15) is 0 Å². The zero-order valence-corrected chi connectivity index (χ0v) is 9.47. The molecule has 3 heteroatoms. The number of hydrogen-bond acceptors (Lipinski definition) is 1. The molecule has 0 fully saturated rings. The van der Waals surface area contributed by atoms with Gasteiger partial charge in [-0.25, -0.2) is 0 Å². The lowest BCUT2D eigenvalue weighted by atomic mass is 10.0. The van der Waals surface area contributed by atoms with Crippen LogP contribution >= 0.6 is 11.6 Å². The first kappa shape index (κ1) is 10.5. The van der Waals surface area contributed by atoms with E-state index in [-0.39, 0.29) is 11.3 Å². The Morgan fingerprint density at radius 3 is 3.07 bits per heavy atom. The second kappa shape index (κ2) is 4.23. The fourth-order valence-corrected chi connectivity index (χ4v) is 2.22. The number of benzene rings is 1. The Kier molecular flexibility index (Phi) is 2.96. The third-order valence-corrected chi connectivity index (χ3v) is 3.13. The van der Waals surface area contributed by atoms with Crippen LogP contribution in [0.3, 0.4) is 0 Å². The van der Waals surface area contributed by atoms with Gasteiger partial charge in [-0.15, -0.1) is 11.6 Å². The summed E-state index contributed by atoms with van der Waals surface area (Å²) in [5.41, 5.74) is 3.12. The zero-order chi connectivity index (χ0) is 10.8. The van der Waals surface area contributed by atoms with Crippen molar-refractivity contribution in [3.63, 3.8) is 0 Å². The van der Waals surface area contributed by atoms with Gasteiger partial charge < -0.3 is 5.32 Å². The average molecular weight is 224 g/mol. The Labute approximate surface area is 94.6 Å². The molecule has 15 heavy (non-hydrogen) atoms. The summed E-state index contributed by atoms with van der Waals surface area (Å²) in [4.78, 5) is 11.2. The molecule has 1 aromatic carbocycles. The lowest BCUT2D eigenvalue weighted by molar-refractivity contribution is -0.115. The SMILES string of the molecule is CCCC(Cl)c1ccc2c(c1)CC(=O)N2. The van der Waals surface area contributed by atoms with Gasteiger partial charge >= 0.3 is 0 Å². The van der Waals surface area contributed by atoms with E-state index in [9.17, 15) is 4.79 Å². The van der Waals surface area contributed by atoms with Crippen molar-refractivity contribution < 1.29 is 4.79 Å². The van der Waals surface area contributed by atoms with Crippen molar-refractivity contribution in [2.75, 3.05) is 5.32 Å². The van der Waals surface area contributed by atoms with Gasteiger partial charge in [-0.1, -0.05) is 25.5 Å². The number of halogens is 1. The number of fused-ring (bicyclic) bond motifs is 1. The summed E-state index contributed by atoms with van der Waals surface area (Å²) in [6.45, 7) is 2.12. The van der Waals surface area contributed by atoms with Crippen LogP contribution in [0.4, 0.5) is 5.69 Å². The molecule has 1 aliphatic rings. The number of carbonyl (C=O) groups excluding carboxylic acids is 1. The quantitative estimate of drug-likeness (QED) is 0.783. The maximum absolute atomic E-state index is 11.2.